The van der Waals surface area contributed by atoms with E-state index in [2.05, 4.69) is 45.2 Å². The molecule has 0 aromatic heterocycles. The van der Waals surface area contributed by atoms with Gasteiger partial charge in [0, 0.05) is 18.6 Å². The molecule has 1 heterocycles. The molecule has 0 bridgehead atoms. The first kappa shape index (κ1) is 13.4. The number of hydrogen-bond acceptors (Lipinski definition) is 2. The molecule has 0 aromatic carbocycles. The van der Waals surface area contributed by atoms with Crippen LogP contribution in [-0.4, -0.2) is 29.3 Å². The molecule has 0 N–H and O–H groups in total. The normalized spacial score (nSPS) is 30.8. The van der Waals surface area contributed by atoms with E-state index in [0.29, 0.717) is 0 Å². The van der Waals surface area contributed by atoms with Crippen LogP contribution in [0.5, 0.6) is 0 Å². The van der Waals surface area contributed by atoms with Crippen LogP contribution in [0.1, 0.15) is 47.0 Å². The van der Waals surface area contributed by atoms with Crippen LogP contribution in [0, 0.1) is 11.8 Å². The van der Waals surface area contributed by atoms with Crippen molar-refractivity contribution in [2.75, 3.05) is 12.3 Å². The molecule has 1 saturated heterocycles. The second kappa shape index (κ2) is 6.15. The minimum Gasteiger partial charge on any atom is -0.298 e. The quantitative estimate of drug-likeness (QED) is 0.723. The number of piperidine rings is 1. The van der Waals surface area contributed by atoms with Crippen molar-refractivity contribution in [3.05, 3.63) is 0 Å². The molecule has 1 aliphatic rings. The second-order valence-corrected chi connectivity index (χ2v) is 5.88. The third-order valence-corrected chi connectivity index (χ3v) is 4.47. The Labute approximate surface area is 101 Å². The molecule has 0 aromatic rings. The Morgan fingerprint density at radius 3 is 2.13 bits per heavy atom. The fraction of sp³-hybridized carbons (Fsp3) is 1.00. The number of thiol groups is 1. The van der Waals surface area contributed by atoms with Crippen LogP contribution < -0.4 is 0 Å². The average molecular weight is 229 g/mol. The summed E-state index contributed by atoms with van der Waals surface area (Å²) >= 11 is 4.49. The van der Waals surface area contributed by atoms with Crippen molar-refractivity contribution < 1.29 is 0 Å². The summed E-state index contributed by atoms with van der Waals surface area (Å²) in [6, 6.07) is 1.55. The first-order valence-electron chi connectivity index (χ1n) is 6.42. The minimum absolute atomic E-state index is 0.747. The van der Waals surface area contributed by atoms with E-state index in [1.165, 1.54) is 25.8 Å². The Morgan fingerprint density at radius 2 is 1.73 bits per heavy atom. The fourth-order valence-electron chi connectivity index (χ4n) is 2.58. The molecule has 0 aliphatic carbocycles. The summed E-state index contributed by atoms with van der Waals surface area (Å²) in [7, 11) is 0. The van der Waals surface area contributed by atoms with E-state index in [1.54, 1.807) is 0 Å². The fourth-order valence-corrected chi connectivity index (χ4v) is 3.12. The van der Waals surface area contributed by atoms with Gasteiger partial charge in [-0.15, -0.1) is 0 Å². The molecule has 1 aliphatic heterocycles. The van der Waals surface area contributed by atoms with Gasteiger partial charge in [-0.2, -0.15) is 12.6 Å². The van der Waals surface area contributed by atoms with Crippen molar-refractivity contribution in [2.24, 2.45) is 11.8 Å². The zero-order chi connectivity index (χ0) is 11.4. The van der Waals surface area contributed by atoms with Gasteiger partial charge in [-0.1, -0.05) is 20.3 Å². The van der Waals surface area contributed by atoms with E-state index in [9.17, 15) is 0 Å². The number of rotatable bonds is 4. The zero-order valence-corrected chi connectivity index (χ0v) is 11.6. The predicted molar refractivity (Wildman–Crippen MR) is 71.7 cm³/mol. The van der Waals surface area contributed by atoms with Crippen molar-refractivity contribution in [2.45, 2.75) is 59.0 Å². The summed E-state index contributed by atoms with van der Waals surface area (Å²) in [4.78, 5) is 2.70. The monoisotopic (exact) mass is 229 g/mol. The highest BCUT2D eigenvalue weighted by Crippen LogP contribution is 2.25. The highest BCUT2D eigenvalue weighted by atomic mass is 32.1. The van der Waals surface area contributed by atoms with Gasteiger partial charge in [-0.05, 0) is 44.3 Å². The van der Waals surface area contributed by atoms with Crippen molar-refractivity contribution >= 4 is 12.6 Å². The lowest BCUT2D eigenvalue weighted by Crippen LogP contribution is -2.47. The standard InChI is InChI=1S/C13H27NS/c1-10(2)13(9-15)8-14-11(3)6-5-7-12(14)4/h10-13,15H,5-9H2,1-4H3/t11-,12+,13?. The highest BCUT2D eigenvalue weighted by Gasteiger charge is 2.27. The van der Waals surface area contributed by atoms with Crippen LogP contribution in [0.3, 0.4) is 0 Å². The van der Waals surface area contributed by atoms with E-state index in [4.69, 9.17) is 0 Å². The summed E-state index contributed by atoms with van der Waals surface area (Å²) in [5.74, 6) is 2.52. The molecular weight excluding hydrogens is 202 g/mol. The molecule has 0 spiro atoms. The molecule has 3 atom stereocenters. The van der Waals surface area contributed by atoms with Crippen molar-refractivity contribution in [3.63, 3.8) is 0 Å². The smallest absolute Gasteiger partial charge is 0.00698 e. The maximum atomic E-state index is 4.49. The Kier molecular flexibility index (Phi) is 5.48. The zero-order valence-electron chi connectivity index (χ0n) is 10.7. The third-order valence-electron chi connectivity index (χ3n) is 4.00. The van der Waals surface area contributed by atoms with E-state index >= 15 is 0 Å². The predicted octanol–water partition coefficient (Wildman–Crippen LogP) is 3.45. The summed E-state index contributed by atoms with van der Waals surface area (Å²) < 4.78 is 0. The van der Waals surface area contributed by atoms with Gasteiger partial charge in [0.05, 0.1) is 0 Å². The Hall–Kier alpha value is 0.310. The molecule has 0 radical (unpaired) electrons. The topological polar surface area (TPSA) is 3.24 Å². The van der Waals surface area contributed by atoms with Gasteiger partial charge in [0.25, 0.3) is 0 Å². The van der Waals surface area contributed by atoms with Gasteiger partial charge in [0.1, 0.15) is 0 Å². The highest BCUT2D eigenvalue weighted by molar-refractivity contribution is 7.80. The van der Waals surface area contributed by atoms with E-state index in [-0.39, 0.29) is 0 Å². The number of nitrogens with zero attached hydrogens (tertiary/aromatic N) is 1. The molecule has 1 fully saturated rings. The molecule has 0 saturated carbocycles. The van der Waals surface area contributed by atoms with Crippen LogP contribution in [-0.2, 0) is 0 Å². The Bertz CT molecular complexity index is 171. The maximum absolute atomic E-state index is 4.49. The third kappa shape index (κ3) is 3.67. The van der Waals surface area contributed by atoms with Crippen molar-refractivity contribution in [1.29, 1.82) is 0 Å². The van der Waals surface area contributed by atoms with Gasteiger partial charge >= 0.3 is 0 Å². The summed E-state index contributed by atoms with van der Waals surface area (Å²) in [6.45, 7) is 10.6. The molecule has 2 heteroatoms. The largest absolute Gasteiger partial charge is 0.298 e. The average Bonchev–Trinajstić information content (AvgIpc) is 2.17. The lowest BCUT2D eigenvalue weighted by atomic mass is 9.92. The van der Waals surface area contributed by atoms with Gasteiger partial charge < -0.3 is 0 Å². The van der Waals surface area contributed by atoms with Crippen LogP contribution in [0.25, 0.3) is 0 Å². The van der Waals surface area contributed by atoms with E-state index in [1.807, 2.05) is 0 Å². The van der Waals surface area contributed by atoms with Crippen LogP contribution in [0.4, 0.5) is 0 Å². The number of likely N-dealkylation sites (tertiary alicyclic amines) is 1. The van der Waals surface area contributed by atoms with Gasteiger partial charge in [0.15, 0.2) is 0 Å². The van der Waals surface area contributed by atoms with E-state index in [0.717, 1.165) is 29.7 Å². The van der Waals surface area contributed by atoms with Gasteiger partial charge in [0.2, 0.25) is 0 Å². The van der Waals surface area contributed by atoms with Gasteiger partial charge in [-0.3, -0.25) is 4.90 Å². The Balaban J connectivity index is 2.53. The molecule has 1 rings (SSSR count). The minimum atomic E-state index is 0.747. The summed E-state index contributed by atoms with van der Waals surface area (Å²) in [5.41, 5.74) is 0. The van der Waals surface area contributed by atoms with Crippen molar-refractivity contribution in [1.82, 2.24) is 4.90 Å². The second-order valence-electron chi connectivity index (χ2n) is 5.51. The lowest BCUT2D eigenvalue weighted by Gasteiger charge is -2.41. The maximum Gasteiger partial charge on any atom is 0.00698 e. The Morgan fingerprint density at radius 1 is 1.20 bits per heavy atom. The summed E-state index contributed by atoms with van der Waals surface area (Å²) in [5, 5.41) is 0. The molecule has 1 nitrogen and oxygen atoms in total. The molecule has 90 valence electrons. The van der Waals surface area contributed by atoms with Crippen molar-refractivity contribution in [3.8, 4) is 0 Å². The van der Waals surface area contributed by atoms with Gasteiger partial charge in [-0.25, -0.2) is 0 Å². The SMILES string of the molecule is CC(C)C(CS)CN1[C@H](C)CCC[C@@H]1C. The molecule has 15 heavy (non-hydrogen) atoms. The molecule has 0 amide bonds. The first-order valence-corrected chi connectivity index (χ1v) is 7.06. The summed E-state index contributed by atoms with van der Waals surface area (Å²) in [6.07, 6.45) is 4.16. The van der Waals surface area contributed by atoms with Crippen LogP contribution in [0.2, 0.25) is 0 Å². The van der Waals surface area contributed by atoms with Crippen LogP contribution in [0.15, 0.2) is 0 Å². The van der Waals surface area contributed by atoms with Crippen LogP contribution >= 0.6 is 12.6 Å². The number of hydrogen-bond donors (Lipinski definition) is 1. The lowest BCUT2D eigenvalue weighted by molar-refractivity contribution is 0.0793. The van der Waals surface area contributed by atoms with E-state index < -0.39 is 0 Å². The molecular formula is C13H27NS. The first-order chi connectivity index (χ1) is 7.06. The molecule has 1 unspecified atom stereocenters.